The van der Waals surface area contributed by atoms with Gasteiger partial charge in [0, 0.05) is 55.0 Å². The van der Waals surface area contributed by atoms with Crippen molar-refractivity contribution in [3.63, 3.8) is 0 Å². The summed E-state index contributed by atoms with van der Waals surface area (Å²) in [5, 5.41) is 11.1. The van der Waals surface area contributed by atoms with Gasteiger partial charge in [-0.15, -0.1) is 71.8 Å². The van der Waals surface area contributed by atoms with Gasteiger partial charge in [-0.2, -0.15) is 0 Å². The quantitative estimate of drug-likeness (QED) is 0.0189. The van der Waals surface area contributed by atoms with Crippen LogP contribution in [0.4, 0.5) is 0 Å². The Kier molecular flexibility index (Phi) is 30.6. The molecule has 0 bridgehead atoms. The predicted molar refractivity (Wildman–Crippen MR) is 409 cm³/mol. The Morgan fingerprint density at radius 1 is 0.402 bits per heavy atom. The minimum atomic E-state index is -0.151. The molecule has 7 aromatic carbocycles. The molecule has 2 aliphatic rings. The van der Waals surface area contributed by atoms with E-state index in [2.05, 4.69) is 148 Å². The van der Waals surface area contributed by atoms with Gasteiger partial charge in [-0.3, -0.25) is 4.79 Å². The van der Waals surface area contributed by atoms with Gasteiger partial charge in [0.15, 0.2) is 5.78 Å². The topological polar surface area (TPSA) is 63.1 Å². The maximum absolute atomic E-state index is 12.1. The van der Waals surface area contributed by atoms with Gasteiger partial charge >= 0.3 is 0 Å². The number of hydrogen-bond donors (Lipinski definition) is 1. The van der Waals surface area contributed by atoms with E-state index in [1.54, 1.807) is 23.5 Å². The summed E-state index contributed by atoms with van der Waals surface area (Å²) >= 11 is 0. The summed E-state index contributed by atoms with van der Waals surface area (Å²) in [4.78, 5) is 20.5. The van der Waals surface area contributed by atoms with Crippen LogP contribution in [0.15, 0.2) is 194 Å². The van der Waals surface area contributed by atoms with E-state index in [1.807, 2.05) is 91.9 Å². The van der Waals surface area contributed by atoms with Crippen LogP contribution in [0.2, 0.25) is 0 Å². The Labute approximate surface area is 599 Å². The Morgan fingerprint density at radius 3 is 1.09 bits per heavy atom. The molecule has 0 spiro atoms. The van der Waals surface area contributed by atoms with Crippen LogP contribution in [-0.2, 0) is 35.7 Å². The molecule has 0 aliphatic heterocycles. The number of rotatable bonds is 34. The molecule has 4 nitrogen and oxygen atoms in total. The molecule has 0 saturated heterocycles. The van der Waals surface area contributed by atoms with Crippen LogP contribution >= 0.6 is 0 Å². The standard InChI is InChI=1S/C70H94O2.2C11H8N.Ir/c1-8-12-16-20-24-28-42-69(43-29-25-21-17-13-9-2)64-46-52(5)32-38-59(64)60-40-36-57(50-65(60)69)58-37-41-62-61-39-35-56(55-34-33-53(6)63(48-55)68(72)47-54(7)71)49-66(61)70(67(62)51-58,44-30-26-22-18-14-10-3)45-31-27-23-19-15-11-4;2*1-2-6-10(7-3-1)11-8-4-5-9-12-11;/h32-41,46-51,72H,8-31,42-45H2,1-7H3;2*1-6,8-9H;/q;2*-1;/b68-47-;;;. The molecule has 2 aromatic heterocycles. The molecular formula is C92H110IrN2O2-2. The number of allylic oxidation sites excluding steroid dienone is 1. The van der Waals surface area contributed by atoms with Crippen molar-refractivity contribution in [3.8, 4) is 67.0 Å². The van der Waals surface area contributed by atoms with Crippen molar-refractivity contribution in [2.24, 2.45) is 0 Å². The van der Waals surface area contributed by atoms with E-state index in [4.69, 9.17) is 0 Å². The third-order valence-corrected chi connectivity index (χ3v) is 20.5. The van der Waals surface area contributed by atoms with E-state index in [-0.39, 0.29) is 42.5 Å². The molecule has 0 unspecified atom stereocenters. The Hall–Kier alpha value is -7.30. The van der Waals surface area contributed by atoms with Gasteiger partial charge in [0.05, 0.1) is 0 Å². The first-order chi connectivity index (χ1) is 47.0. The summed E-state index contributed by atoms with van der Waals surface area (Å²) < 4.78 is 0. The molecule has 2 aliphatic carbocycles. The van der Waals surface area contributed by atoms with E-state index < -0.39 is 0 Å². The van der Waals surface area contributed by atoms with E-state index in [0.717, 1.165) is 52.0 Å². The molecule has 511 valence electrons. The zero-order valence-electron chi connectivity index (χ0n) is 59.9. The molecule has 1 radical (unpaired) electrons. The fourth-order valence-electron chi connectivity index (χ4n) is 15.3. The molecule has 0 saturated carbocycles. The minimum absolute atomic E-state index is 0. The number of carbonyl (C=O) groups excluding carboxylic acids is 1. The molecule has 5 heteroatoms. The van der Waals surface area contributed by atoms with Gasteiger partial charge in [0.2, 0.25) is 0 Å². The number of unbranched alkanes of at least 4 members (excludes halogenated alkanes) is 20. The van der Waals surface area contributed by atoms with Gasteiger partial charge in [-0.05, 0) is 167 Å². The summed E-state index contributed by atoms with van der Waals surface area (Å²) in [6, 6.07) is 69.9. The molecule has 9 aromatic rings. The molecule has 1 N–H and O–H groups in total. The van der Waals surface area contributed by atoms with Gasteiger partial charge in [0.1, 0.15) is 5.76 Å². The van der Waals surface area contributed by atoms with Crippen molar-refractivity contribution in [2.75, 3.05) is 0 Å². The Balaban J connectivity index is 0.000000396. The van der Waals surface area contributed by atoms with Crippen LogP contribution in [0.25, 0.3) is 72.8 Å². The Bertz CT molecular complexity index is 3670. The van der Waals surface area contributed by atoms with Crippen molar-refractivity contribution in [3.05, 3.63) is 245 Å². The second kappa shape index (κ2) is 39.3. The summed E-state index contributed by atoms with van der Waals surface area (Å²) in [5.74, 6) is -0.113. The Morgan fingerprint density at radius 2 is 0.742 bits per heavy atom. The number of ketones is 1. The molecule has 0 fully saturated rings. The zero-order valence-corrected chi connectivity index (χ0v) is 62.3. The number of carbonyl (C=O) groups is 1. The second-order valence-corrected chi connectivity index (χ2v) is 27.7. The van der Waals surface area contributed by atoms with Crippen LogP contribution in [0.3, 0.4) is 0 Å². The summed E-state index contributed by atoms with van der Waals surface area (Å²) in [6.07, 6.45) is 41.1. The summed E-state index contributed by atoms with van der Waals surface area (Å²) in [7, 11) is 0. The average Bonchev–Trinajstić information content (AvgIpc) is 1.57. The maximum Gasteiger partial charge on any atom is 0.156 e. The van der Waals surface area contributed by atoms with E-state index in [1.165, 1.54) is 236 Å². The number of benzene rings is 7. The molecule has 0 atom stereocenters. The van der Waals surface area contributed by atoms with Crippen molar-refractivity contribution in [2.45, 2.75) is 239 Å². The van der Waals surface area contributed by atoms with E-state index in [9.17, 15) is 9.90 Å². The smallest absolute Gasteiger partial charge is 0.156 e. The average molecular weight is 1470 g/mol. The number of aromatic nitrogens is 2. The molecule has 11 rings (SSSR count). The van der Waals surface area contributed by atoms with Gasteiger partial charge < -0.3 is 15.1 Å². The molecule has 97 heavy (non-hydrogen) atoms. The third-order valence-electron chi connectivity index (χ3n) is 20.5. The first-order valence-electron chi connectivity index (χ1n) is 37.4. The van der Waals surface area contributed by atoms with Crippen LogP contribution in [0.1, 0.15) is 253 Å². The maximum atomic E-state index is 12.1. The first kappa shape index (κ1) is 75.5. The van der Waals surface area contributed by atoms with Gasteiger partial charge in [-0.25, -0.2) is 0 Å². The summed E-state index contributed by atoms with van der Waals surface area (Å²) in [6.45, 7) is 15.1. The van der Waals surface area contributed by atoms with E-state index >= 15 is 0 Å². The first-order valence-corrected chi connectivity index (χ1v) is 37.4. The normalized spacial score (nSPS) is 12.8. The molecule has 0 amide bonds. The van der Waals surface area contributed by atoms with Crippen molar-refractivity contribution in [1.29, 1.82) is 0 Å². The number of nitrogens with zero attached hydrogens (tertiary/aromatic N) is 2. The van der Waals surface area contributed by atoms with Crippen LogP contribution in [0, 0.1) is 26.0 Å². The molecule has 2 heterocycles. The SMILES string of the molecule is CCCCCCCCC1(CCCCCCCC)c2cc(C)ccc2-c2ccc(-c3ccc4c(c3)C(CCCCCCCC)(CCCCCCCC)c3cc(-c5ccc(C)c(/C(O)=C/C(C)=O)c5)ccc3-4)cc21.[Ir].[c-]1ccccc1-c1ccccn1.[c-]1ccccc1-c1ccccn1. The van der Waals surface area contributed by atoms with Crippen molar-refractivity contribution in [1.82, 2.24) is 9.97 Å². The number of aliphatic hydroxyl groups excluding tert-OH is 1. The van der Waals surface area contributed by atoms with Crippen molar-refractivity contribution >= 4 is 11.5 Å². The van der Waals surface area contributed by atoms with Crippen LogP contribution < -0.4 is 0 Å². The largest absolute Gasteiger partial charge is 0.507 e. The third kappa shape index (κ3) is 20.2. The summed E-state index contributed by atoms with van der Waals surface area (Å²) in [5.41, 5.74) is 23.9. The fraction of sp³-hybridized carbons (Fsp3) is 0.402. The molecular weight excluding hydrogens is 1360 g/mol. The van der Waals surface area contributed by atoms with Crippen molar-refractivity contribution < 1.29 is 30.0 Å². The van der Waals surface area contributed by atoms with E-state index in [0.29, 0.717) is 0 Å². The van der Waals surface area contributed by atoms with Gasteiger partial charge in [-0.1, -0.05) is 278 Å². The minimum Gasteiger partial charge on any atom is -0.507 e. The number of hydrogen-bond acceptors (Lipinski definition) is 4. The number of pyridine rings is 2. The van der Waals surface area contributed by atoms with Crippen LogP contribution in [-0.4, -0.2) is 20.9 Å². The zero-order chi connectivity index (χ0) is 67.4. The second-order valence-electron chi connectivity index (χ2n) is 27.7. The number of aliphatic hydroxyl groups is 1. The number of aryl methyl sites for hydroxylation is 2. The van der Waals surface area contributed by atoms with Gasteiger partial charge in [0.25, 0.3) is 0 Å². The predicted octanol–water partition coefficient (Wildman–Crippen LogP) is 26.8. The monoisotopic (exact) mass is 1470 g/mol. The van der Waals surface area contributed by atoms with Crippen LogP contribution in [0.5, 0.6) is 0 Å². The number of fused-ring (bicyclic) bond motifs is 6. The fourth-order valence-corrected chi connectivity index (χ4v) is 15.3.